The Hall–Kier alpha value is -1.29. The Bertz CT molecular complexity index is 433. The van der Waals surface area contributed by atoms with Crippen LogP contribution in [0.1, 0.15) is 13.8 Å². The lowest BCUT2D eigenvalue weighted by molar-refractivity contribution is 0.267. The summed E-state index contributed by atoms with van der Waals surface area (Å²) in [6.07, 6.45) is 0. The first kappa shape index (κ1) is 9.90. The van der Waals surface area contributed by atoms with Crippen LogP contribution in [0.2, 0.25) is 0 Å². The third kappa shape index (κ3) is 1.29. The fourth-order valence-electron chi connectivity index (χ4n) is 2.62. The molecule has 0 spiro atoms. The number of anilines is 1. The normalized spacial score (nSPS) is 25.9. The molecule has 2 aliphatic heterocycles. The van der Waals surface area contributed by atoms with Crippen LogP contribution in [0.4, 0.5) is 10.1 Å². The molecule has 1 unspecified atom stereocenters. The van der Waals surface area contributed by atoms with E-state index in [4.69, 9.17) is 4.74 Å². The Balaban J connectivity index is 2.12. The van der Waals surface area contributed by atoms with E-state index in [1.807, 2.05) is 0 Å². The molecule has 1 N–H and O–H groups in total. The number of nitrogens with zero attached hydrogens (tertiary/aromatic N) is 1. The van der Waals surface area contributed by atoms with Crippen LogP contribution in [0.25, 0.3) is 0 Å². The summed E-state index contributed by atoms with van der Waals surface area (Å²) in [7, 11) is 0. The Morgan fingerprint density at radius 2 is 2.31 bits per heavy atom. The van der Waals surface area contributed by atoms with Gasteiger partial charge in [-0.3, -0.25) is 5.32 Å². The van der Waals surface area contributed by atoms with Gasteiger partial charge in [0.05, 0.1) is 17.4 Å². The minimum atomic E-state index is -0.217. The van der Waals surface area contributed by atoms with Crippen molar-refractivity contribution in [2.45, 2.75) is 25.6 Å². The number of hydrogen-bond acceptors (Lipinski definition) is 3. The van der Waals surface area contributed by atoms with E-state index in [2.05, 4.69) is 24.1 Å². The highest BCUT2D eigenvalue weighted by atomic mass is 19.1. The molecule has 2 aliphatic rings. The predicted molar refractivity (Wildman–Crippen MR) is 60.2 cm³/mol. The van der Waals surface area contributed by atoms with Crippen LogP contribution < -0.4 is 15.0 Å². The molecule has 1 atom stereocenters. The average Bonchev–Trinajstić information content (AvgIpc) is 2.55. The van der Waals surface area contributed by atoms with Crippen molar-refractivity contribution >= 4 is 5.69 Å². The van der Waals surface area contributed by atoms with Gasteiger partial charge in [-0.05, 0) is 26.0 Å². The first-order chi connectivity index (χ1) is 7.58. The van der Waals surface area contributed by atoms with E-state index in [0.29, 0.717) is 12.6 Å². The number of rotatable bonds is 0. The molecule has 2 heterocycles. The van der Waals surface area contributed by atoms with E-state index in [-0.39, 0.29) is 11.5 Å². The maximum absolute atomic E-state index is 13.3. The van der Waals surface area contributed by atoms with Crippen LogP contribution in [0.3, 0.4) is 0 Å². The third-order valence-electron chi connectivity index (χ3n) is 3.35. The molecular formula is C12H15FN2O. The highest BCUT2D eigenvalue weighted by molar-refractivity contribution is 5.63. The van der Waals surface area contributed by atoms with E-state index in [0.717, 1.165) is 18.0 Å². The van der Waals surface area contributed by atoms with Gasteiger partial charge in [0.25, 0.3) is 0 Å². The molecule has 0 saturated carbocycles. The van der Waals surface area contributed by atoms with Crippen LogP contribution >= 0.6 is 0 Å². The second-order valence-corrected chi connectivity index (χ2v) is 4.89. The molecule has 4 heteroatoms. The monoisotopic (exact) mass is 222 g/mol. The van der Waals surface area contributed by atoms with Crippen molar-refractivity contribution in [3.63, 3.8) is 0 Å². The highest BCUT2D eigenvalue weighted by Crippen LogP contribution is 2.40. The van der Waals surface area contributed by atoms with E-state index < -0.39 is 0 Å². The molecule has 86 valence electrons. The van der Waals surface area contributed by atoms with Crippen LogP contribution in [0.5, 0.6) is 5.75 Å². The molecule has 1 saturated heterocycles. The Kier molecular flexibility index (Phi) is 1.92. The van der Waals surface area contributed by atoms with Gasteiger partial charge < -0.3 is 9.64 Å². The van der Waals surface area contributed by atoms with Crippen LogP contribution in [-0.2, 0) is 0 Å². The van der Waals surface area contributed by atoms with Gasteiger partial charge >= 0.3 is 0 Å². The first-order valence-corrected chi connectivity index (χ1v) is 5.55. The average molecular weight is 222 g/mol. The van der Waals surface area contributed by atoms with Crippen molar-refractivity contribution in [1.82, 2.24) is 5.32 Å². The number of fused-ring (bicyclic) bond motifs is 3. The summed E-state index contributed by atoms with van der Waals surface area (Å²) in [5.74, 6) is 0.556. The lowest BCUT2D eigenvalue weighted by atomic mass is 10.1. The molecule has 0 aromatic heterocycles. The second-order valence-electron chi connectivity index (χ2n) is 4.89. The van der Waals surface area contributed by atoms with Crippen molar-refractivity contribution < 1.29 is 9.13 Å². The minimum absolute atomic E-state index is 0.142. The number of nitrogens with one attached hydrogen (secondary N) is 1. The third-order valence-corrected chi connectivity index (χ3v) is 3.35. The molecule has 3 rings (SSSR count). The van der Waals surface area contributed by atoms with Gasteiger partial charge in [0, 0.05) is 12.6 Å². The van der Waals surface area contributed by atoms with Crippen LogP contribution in [0, 0.1) is 5.82 Å². The topological polar surface area (TPSA) is 24.5 Å². The molecule has 3 nitrogen and oxygen atoms in total. The lowest BCUT2D eigenvalue weighted by Gasteiger charge is -2.40. The quantitative estimate of drug-likeness (QED) is 0.723. The van der Waals surface area contributed by atoms with Gasteiger partial charge in [0.15, 0.2) is 0 Å². The first-order valence-electron chi connectivity index (χ1n) is 5.55. The van der Waals surface area contributed by atoms with Gasteiger partial charge in [-0.1, -0.05) is 0 Å². The second kappa shape index (κ2) is 3.10. The maximum Gasteiger partial charge on any atom is 0.142 e. The number of benzene rings is 1. The summed E-state index contributed by atoms with van der Waals surface area (Å²) in [5, 5.41) is 3.42. The summed E-state index contributed by atoms with van der Waals surface area (Å²) in [5.41, 5.74) is 0.711. The van der Waals surface area contributed by atoms with Crippen molar-refractivity contribution in [1.29, 1.82) is 0 Å². The van der Waals surface area contributed by atoms with Crippen molar-refractivity contribution in [2.24, 2.45) is 0 Å². The molecule has 0 bridgehead atoms. The van der Waals surface area contributed by atoms with E-state index in [9.17, 15) is 4.39 Å². The fourth-order valence-corrected chi connectivity index (χ4v) is 2.62. The summed E-state index contributed by atoms with van der Waals surface area (Å²) in [6, 6.07) is 4.99. The molecular weight excluding hydrogens is 207 g/mol. The highest BCUT2D eigenvalue weighted by Gasteiger charge is 2.42. The molecule has 1 aromatic carbocycles. The van der Waals surface area contributed by atoms with Gasteiger partial charge in [-0.2, -0.15) is 0 Å². The van der Waals surface area contributed by atoms with Gasteiger partial charge in [-0.15, -0.1) is 0 Å². The molecule has 1 aromatic rings. The van der Waals surface area contributed by atoms with Crippen LogP contribution in [0.15, 0.2) is 18.2 Å². The zero-order valence-corrected chi connectivity index (χ0v) is 9.46. The Labute approximate surface area is 94.2 Å². The molecule has 0 radical (unpaired) electrons. The van der Waals surface area contributed by atoms with Crippen LogP contribution in [-0.4, -0.2) is 24.9 Å². The summed E-state index contributed by atoms with van der Waals surface area (Å²) >= 11 is 0. The predicted octanol–water partition coefficient (Wildman–Crippen LogP) is 1.73. The molecule has 16 heavy (non-hydrogen) atoms. The van der Waals surface area contributed by atoms with E-state index >= 15 is 0 Å². The Morgan fingerprint density at radius 3 is 3.12 bits per heavy atom. The minimum Gasteiger partial charge on any atom is -0.489 e. The van der Waals surface area contributed by atoms with Crippen molar-refractivity contribution in [3.8, 4) is 5.75 Å². The summed E-state index contributed by atoms with van der Waals surface area (Å²) in [4.78, 5) is 2.22. The molecule has 0 aliphatic carbocycles. The zero-order valence-electron chi connectivity index (χ0n) is 9.46. The Morgan fingerprint density at radius 1 is 1.50 bits per heavy atom. The van der Waals surface area contributed by atoms with Gasteiger partial charge in [0.2, 0.25) is 0 Å². The SMILES string of the molecule is CC1(C)NCC2COc3ccc(F)cc3N21. The number of halogens is 1. The largest absolute Gasteiger partial charge is 0.489 e. The smallest absolute Gasteiger partial charge is 0.142 e. The van der Waals surface area contributed by atoms with Crippen molar-refractivity contribution in [2.75, 3.05) is 18.1 Å². The van der Waals surface area contributed by atoms with Gasteiger partial charge in [-0.25, -0.2) is 4.39 Å². The van der Waals surface area contributed by atoms with E-state index in [1.165, 1.54) is 6.07 Å². The van der Waals surface area contributed by atoms with Gasteiger partial charge in [0.1, 0.15) is 18.2 Å². The standard InChI is InChI=1S/C12H15FN2O/c1-12(2)14-6-9-7-16-11-4-3-8(13)5-10(11)15(9)12/h3-5,9,14H,6-7H2,1-2H3. The van der Waals surface area contributed by atoms with Crippen molar-refractivity contribution in [3.05, 3.63) is 24.0 Å². The zero-order chi connectivity index (χ0) is 11.3. The fraction of sp³-hybridized carbons (Fsp3) is 0.500. The lowest BCUT2D eigenvalue weighted by Crippen LogP contribution is -2.51. The number of ether oxygens (including phenoxy) is 1. The number of hydrogen-bond donors (Lipinski definition) is 1. The maximum atomic E-state index is 13.3. The molecule has 0 amide bonds. The van der Waals surface area contributed by atoms with E-state index in [1.54, 1.807) is 12.1 Å². The molecule has 1 fully saturated rings. The summed E-state index contributed by atoms with van der Waals surface area (Å²) < 4.78 is 18.9. The summed E-state index contributed by atoms with van der Waals surface area (Å²) in [6.45, 7) is 5.75.